The summed E-state index contributed by atoms with van der Waals surface area (Å²) in [6.45, 7) is -1.38. The Hall–Kier alpha value is -0.330. The summed E-state index contributed by atoms with van der Waals surface area (Å²) in [6.07, 6.45) is -4.92. The highest BCUT2D eigenvalue weighted by Crippen LogP contribution is 2.24. The third-order valence-electron chi connectivity index (χ3n) is 2.35. The Labute approximate surface area is 97.8 Å². The minimum Gasteiger partial charge on any atom is -0.388 e. The van der Waals surface area contributed by atoms with E-state index in [9.17, 15) is 23.7 Å². The van der Waals surface area contributed by atoms with E-state index in [0.717, 1.165) is 7.05 Å². The second-order valence-corrected chi connectivity index (χ2v) is 5.13. The predicted octanol–water partition coefficient (Wildman–Crippen LogP) is -3.73. The molecule has 1 unspecified atom stereocenters. The number of rotatable bonds is 4. The molecule has 1 aliphatic rings. The van der Waals surface area contributed by atoms with Crippen molar-refractivity contribution in [3.05, 3.63) is 0 Å². The first-order chi connectivity index (χ1) is 7.72. The molecule has 0 aromatic rings. The number of hydrogen-bond acceptors (Lipinski definition) is 8. The fourth-order valence-electron chi connectivity index (χ4n) is 1.24. The molecule has 0 amide bonds. The second-order valence-electron chi connectivity index (χ2n) is 3.58. The lowest BCUT2D eigenvalue weighted by Gasteiger charge is -2.40. The second kappa shape index (κ2) is 5.12. The van der Waals surface area contributed by atoms with Crippen LogP contribution in [0.5, 0.6) is 0 Å². The Bertz CT molecular complexity index is 359. The van der Waals surface area contributed by atoms with Crippen LogP contribution in [0, 0.1) is 0 Å². The van der Waals surface area contributed by atoms with Gasteiger partial charge in [0, 0.05) is 7.05 Å². The molecule has 0 saturated carbocycles. The van der Waals surface area contributed by atoms with E-state index in [2.05, 4.69) is 8.92 Å². The number of ether oxygens (including phenoxy) is 1. The highest BCUT2D eigenvalue weighted by Gasteiger charge is 2.49. The summed E-state index contributed by atoms with van der Waals surface area (Å²) in [5, 5.41) is 37.6. The van der Waals surface area contributed by atoms with E-state index >= 15 is 0 Å². The molecule has 4 atom stereocenters. The van der Waals surface area contributed by atoms with Crippen LogP contribution in [-0.2, 0) is 19.2 Å². The van der Waals surface area contributed by atoms with Crippen LogP contribution in [-0.4, -0.2) is 73.2 Å². The van der Waals surface area contributed by atoms with Gasteiger partial charge in [0.15, 0.2) is 0 Å². The molecule has 10 heteroatoms. The number of nitrogens with one attached hydrogen (secondary N) is 1. The van der Waals surface area contributed by atoms with Crippen LogP contribution in [0.15, 0.2) is 0 Å². The van der Waals surface area contributed by atoms with Crippen LogP contribution in [0.1, 0.15) is 0 Å². The molecule has 0 aliphatic carbocycles. The van der Waals surface area contributed by atoms with Gasteiger partial charge in [-0.2, -0.15) is 13.1 Å². The lowest BCUT2D eigenvalue weighted by molar-refractivity contribution is -0.328. The summed E-state index contributed by atoms with van der Waals surface area (Å²) in [4.78, 5) is 0. The molecule has 0 radical (unpaired) electrons. The number of aliphatic hydroxyl groups is 4. The van der Waals surface area contributed by atoms with E-state index in [1.807, 2.05) is 4.72 Å². The zero-order valence-electron chi connectivity index (χ0n) is 8.98. The minimum atomic E-state index is -4.06. The molecule has 1 heterocycles. The monoisotopic (exact) mass is 273 g/mol. The molecule has 0 aromatic carbocycles. The molecular formula is C7H15NO8S. The predicted molar refractivity (Wildman–Crippen MR) is 52.9 cm³/mol. The normalized spacial score (nSPS) is 39.2. The molecule has 0 spiro atoms. The van der Waals surface area contributed by atoms with Crippen LogP contribution in [0.4, 0.5) is 0 Å². The van der Waals surface area contributed by atoms with Gasteiger partial charge in [-0.3, -0.25) is 4.18 Å². The zero-order valence-corrected chi connectivity index (χ0v) is 9.79. The van der Waals surface area contributed by atoms with Gasteiger partial charge in [0.05, 0.1) is 6.61 Å². The first-order valence-corrected chi connectivity index (χ1v) is 6.11. The van der Waals surface area contributed by atoms with Gasteiger partial charge in [-0.05, 0) is 0 Å². The highest BCUT2D eigenvalue weighted by atomic mass is 32.2. The van der Waals surface area contributed by atoms with Gasteiger partial charge in [-0.15, -0.1) is 0 Å². The van der Waals surface area contributed by atoms with Crippen LogP contribution in [0.25, 0.3) is 0 Å². The summed E-state index contributed by atoms with van der Waals surface area (Å²) in [7, 11) is -2.96. The molecule has 9 nitrogen and oxygen atoms in total. The van der Waals surface area contributed by atoms with Gasteiger partial charge >= 0.3 is 10.3 Å². The van der Waals surface area contributed by atoms with Gasteiger partial charge in [-0.1, -0.05) is 0 Å². The van der Waals surface area contributed by atoms with E-state index < -0.39 is 47.6 Å². The Morgan fingerprint density at radius 1 is 1.47 bits per heavy atom. The van der Waals surface area contributed by atoms with Gasteiger partial charge in [0.25, 0.3) is 0 Å². The van der Waals surface area contributed by atoms with Crippen molar-refractivity contribution in [1.29, 1.82) is 0 Å². The van der Waals surface area contributed by atoms with Gasteiger partial charge in [0.1, 0.15) is 24.9 Å². The van der Waals surface area contributed by atoms with Crippen molar-refractivity contribution in [2.45, 2.75) is 24.1 Å². The maximum atomic E-state index is 10.9. The molecule has 102 valence electrons. The molecule has 0 bridgehead atoms. The van der Waals surface area contributed by atoms with Crippen molar-refractivity contribution in [3.8, 4) is 0 Å². The quantitative estimate of drug-likeness (QED) is 0.351. The number of aliphatic hydroxyl groups excluding tert-OH is 3. The van der Waals surface area contributed by atoms with Crippen molar-refractivity contribution in [1.82, 2.24) is 4.72 Å². The first kappa shape index (κ1) is 14.7. The van der Waals surface area contributed by atoms with Crippen molar-refractivity contribution in [2.75, 3.05) is 20.3 Å². The van der Waals surface area contributed by atoms with Crippen molar-refractivity contribution in [2.24, 2.45) is 0 Å². The molecule has 5 N–H and O–H groups in total. The molecular weight excluding hydrogens is 258 g/mol. The summed E-state index contributed by atoms with van der Waals surface area (Å²) in [5.41, 5.74) is 0. The number of hydrogen-bond donors (Lipinski definition) is 5. The van der Waals surface area contributed by atoms with E-state index in [1.165, 1.54) is 0 Å². The third-order valence-corrected chi connectivity index (χ3v) is 3.28. The highest BCUT2D eigenvalue weighted by molar-refractivity contribution is 7.84. The topological polar surface area (TPSA) is 146 Å². The Kier molecular flexibility index (Phi) is 4.43. The van der Waals surface area contributed by atoms with Crippen molar-refractivity contribution >= 4 is 10.3 Å². The average Bonchev–Trinajstić information content (AvgIpc) is 2.30. The minimum absolute atomic E-state index is 0.461. The van der Waals surface area contributed by atoms with Crippen LogP contribution in [0.2, 0.25) is 0 Å². The van der Waals surface area contributed by atoms with E-state index in [1.54, 1.807) is 0 Å². The van der Waals surface area contributed by atoms with Crippen LogP contribution in [0.3, 0.4) is 0 Å². The lowest BCUT2D eigenvalue weighted by Crippen LogP contribution is -2.63. The summed E-state index contributed by atoms with van der Waals surface area (Å²) < 4.78 is 32.7. The Balaban J connectivity index is 2.69. The standard InChI is InChI=1S/C7H15NO8S/c1-8-17(13,14)16-3-7(12)6(11)5(10)4(9)2-15-7/h4-6,8-12H,2-3H2,1H3/t4-,5-,6+,7?/m1/s1. The van der Waals surface area contributed by atoms with Crippen LogP contribution < -0.4 is 4.72 Å². The Morgan fingerprint density at radius 3 is 2.59 bits per heavy atom. The van der Waals surface area contributed by atoms with E-state index in [-0.39, 0.29) is 0 Å². The fraction of sp³-hybridized carbons (Fsp3) is 1.00. The SMILES string of the molecule is CNS(=O)(=O)OCC1(O)OC[C@@H](O)[C@@H](O)[C@@H]1O. The lowest BCUT2D eigenvalue weighted by atomic mass is 9.98. The summed E-state index contributed by atoms with van der Waals surface area (Å²) in [5.74, 6) is -2.40. The maximum absolute atomic E-state index is 10.9. The van der Waals surface area contributed by atoms with E-state index in [4.69, 9.17) is 5.11 Å². The molecule has 1 aliphatic heterocycles. The summed E-state index contributed by atoms with van der Waals surface area (Å²) >= 11 is 0. The van der Waals surface area contributed by atoms with Crippen LogP contribution >= 0.6 is 0 Å². The molecule has 1 saturated heterocycles. The molecule has 0 aromatic heterocycles. The maximum Gasteiger partial charge on any atom is 0.335 e. The first-order valence-electron chi connectivity index (χ1n) is 4.70. The van der Waals surface area contributed by atoms with Crippen molar-refractivity contribution in [3.63, 3.8) is 0 Å². The summed E-state index contributed by atoms with van der Waals surface area (Å²) in [6, 6.07) is 0. The zero-order chi connectivity index (χ0) is 13.3. The van der Waals surface area contributed by atoms with Gasteiger partial charge in [-0.25, -0.2) is 0 Å². The van der Waals surface area contributed by atoms with E-state index in [0.29, 0.717) is 0 Å². The Morgan fingerprint density at radius 2 is 2.06 bits per heavy atom. The van der Waals surface area contributed by atoms with Gasteiger partial charge < -0.3 is 25.2 Å². The smallest absolute Gasteiger partial charge is 0.335 e. The largest absolute Gasteiger partial charge is 0.388 e. The molecule has 17 heavy (non-hydrogen) atoms. The average molecular weight is 273 g/mol. The third kappa shape index (κ3) is 3.33. The fourth-order valence-corrected chi connectivity index (χ4v) is 1.68. The van der Waals surface area contributed by atoms with Gasteiger partial charge in [0.2, 0.25) is 5.79 Å². The molecule has 1 rings (SSSR count). The molecule has 1 fully saturated rings. The van der Waals surface area contributed by atoms with Crippen molar-refractivity contribution < 1.29 is 37.8 Å².